The molecule has 1 fully saturated rings. The van der Waals surface area contributed by atoms with Gasteiger partial charge < -0.3 is 9.32 Å². The molecule has 2 aromatic heterocycles. The summed E-state index contributed by atoms with van der Waals surface area (Å²) in [7, 11) is 0. The highest BCUT2D eigenvalue weighted by atomic mass is 79.9. The Morgan fingerprint density at radius 1 is 1.37 bits per heavy atom. The molecular weight excluding hydrogens is 308 g/mol. The Morgan fingerprint density at radius 3 is 2.95 bits per heavy atom. The second-order valence-electron chi connectivity index (χ2n) is 4.51. The summed E-state index contributed by atoms with van der Waals surface area (Å²) in [4.78, 5) is 18.6. The highest BCUT2D eigenvalue weighted by Gasteiger charge is 2.32. The minimum Gasteiger partial charge on any atom is -0.444 e. The van der Waals surface area contributed by atoms with Gasteiger partial charge in [0.1, 0.15) is 0 Å². The van der Waals surface area contributed by atoms with Crippen LogP contribution in [0.4, 0.5) is 0 Å². The van der Waals surface area contributed by atoms with Crippen LogP contribution in [0, 0.1) is 0 Å². The molecule has 3 heterocycles. The summed E-state index contributed by atoms with van der Waals surface area (Å²) in [5.74, 6) is 0.300. The van der Waals surface area contributed by atoms with Crippen LogP contribution < -0.4 is 0 Å². The van der Waals surface area contributed by atoms with Crippen molar-refractivity contribution >= 4 is 21.8 Å². The van der Waals surface area contributed by atoms with E-state index in [0.29, 0.717) is 10.4 Å². The molecule has 5 heteroatoms. The molecule has 0 radical (unpaired) electrons. The molecule has 4 nitrogen and oxygen atoms in total. The lowest BCUT2D eigenvalue weighted by Crippen LogP contribution is -2.30. The van der Waals surface area contributed by atoms with E-state index in [2.05, 4.69) is 20.9 Å². The molecule has 1 saturated heterocycles. The van der Waals surface area contributed by atoms with Crippen LogP contribution in [-0.4, -0.2) is 22.3 Å². The first-order valence-electron chi connectivity index (χ1n) is 6.23. The lowest BCUT2D eigenvalue weighted by Gasteiger charge is -2.23. The molecule has 1 unspecified atom stereocenters. The Hall–Kier alpha value is -1.62. The maximum absolute atomic E-state index is 12.4. The van der Waals surface area contributed by atoms with Crippen LogP contribution in [0.3, 0.4) is 0 Å². The van der Waals surface area contributed by atoms with Crippen molar-refractivity contribution in [1.29, 1.82) is 0 Å². The van der Waals surface area contributed by atoms with Gasteiger partial charge in [0, 0.05) is 12.7 Å². The number of furan rings is 1. The van der Waals surface area contributed by atoms with Gasteiger partial charge in [-0.2, -0.15) is 0 Å². The van der Waals surface area contributed by atoms with Gasteiger partial charge in [-0.3, -0.25) is 9.78 Å². The van der Waals surface area contributed by atoms with Crippen molar-refractivity contribution in [3.05, 3.63) is 52.7 Å². The quantitative estimate of drug-likeness (QED) is 0.851. The van der Waals surface area contributed by atoms with E-state index < -0.39 is 0 Å². The number of aromatic nitrogens is 1. The summed E-state index contributed by atoms with van der Waals surface area (Å²) >= 11 is 3.22. The average Bonchev–Trinajstić information content (AvgIpc) is 3.07. The molecule has 0 saturated carbocycles. The fourth-order valence-corrected chi connectivity index (χ4v) is 2.77. The molecule has 1 amide bonds. The Balaban J connectivity index is 1.86. The van der Waals surface area contributed by atoms with Gasteiger partial charge in [0.05, 0.1) is 11.7 Å². The molecule has 1 aliphatic rings. The van der Waals surface area contributed by atoms with Crippen molar-refractivity contribution in [3.8, 4) is 0 Å². The largest absolute Gasteiger partial charge is 0.444 e. The van der Waals surface area contributed by atoms with Crippen molar-refractivity contribution in [3.63, 3.8) is 0 Å². The van der Waals surface area contributed by atoms with Crippen molar-refractivity contribution in [1.82, 2.24) is 9.88 Å². The zero-order valence-corrected chi connectivity index (χ0v) is 11.8. The maximum Gasteiger partial charge on any atom is 0.290 e. The van der Waals surface area contributed by atoms with Crippen molar-refractivity contribution < 1.29 is 9.21 Å². The van der Waals surface area contributed by atoms with E-state index in [1.165, 1.54) is 0 Å². The number of hydrogen-bond acceptors (Lipinski definition) is 3. The number of rotatable bonds is 2. The Labute approximate surface area is 119 Å². The third-order valence-electron chi connectivity index (χ3n) is 3.33. The minimum absolute atomic E-state index is 0.0533. The van der Waals surface area contributed by atoms with Gasteiger partial charge in [0.15, 0.2) is 10.4 Å². The second-order valence-corrected chi connectivity index (χ2v) is 5.30. The molecular formula is C14H13BrN2O2. The van der Waals surface area contributed by atoms with Gasteiger partial charge in [-0.15, -0.1) is 0 Å². The first-order chi connectivity index (χ1) is 9.25. The van der Waals surface area contributed by atoms with Crippen LogP contribution in [0.25, 0.3) is 0 Å². The third kappa shape index (κ3) is 2.42. The molecule has 0 spiro atoms. The van der Waals surface area contributed by atoms with Gasteiger partial charge in [0.25, 0.3) is 5.91 Å². The summed E-state index contributed by atoms with van der Waals surface area (Å²) in [5.41, 5.74) is 0.943. The van der Waals surface area contributed by atoms with E-state index in [0.717, 1.165) is 25.1 Å². The highest BCUT2D eigenvalue weighted by Crippen LogP contribution is 2.32. The molecule has 0 aromatic carbocycles. The van der Waals surface area contributed by atoms with Crippen LogP contribution in [0.15, 0.2) is 45.6 Å². The summed E-state index contributed by atoms with van der Waals surface area (Å²) in [6.07, 6.45) is 3.71. The van der Waals surface area contributed by atoms with E-state index in [1.54, 1.807) is 18.3 Å². The molecule has 19 heavy (non-hydrogen) atoms. The Kier molecular flexibility index (Phi) is 3.38. The number of carbonyl (C=O) groups is 1. The lowest BCUT2D eigenvalue weighted by atomic mass is 10.1. The van der Waals surface area contributed by atoms with E-state index >= 15 is 0 Å². The third-order valence-corrected chi connectivity index (χ3v) is 3.75. The Bertz CT molecular complexity index is 582. The number of nitrogens with zero attached hydrogens (tertiary/aromatic N) is 2. The van der Waals surface area contributed by atoms with Crippen molar-refractivity contribution in [2.45, 2.75) is 18.9 Å². The van der Waals surface area contributed by atoms with Gasteiger partial charge in [-0.25, -0.2) is 0 Å². The summed E-state index contributed by atoms with van der Waals surface area (Å²) < 4.78 is 5.92. The molecule has 1 aliphatic heterocycles. The summed E-state index contributed by atoms with van der Waals surface area (Å²) in [6.45, 7) is 0.748. The molecule has 3 rings (SSSR count). The molecule has 0 bridgehead atoms. The number of amides is 1. The monoisotopic (exact) mass is 320 g/mol. The van der Waals surface area contributed by atoms with Gasteiger partial charge in [-0.1, -0.05) is 6.07 Å². The highest BCUT2D eigenvalue weighted by molar-refractivity contribution is 9.10. The van der Waals surface area contributed by atoms with Gasteiger partial charge >= 0.3 is 0 Å². The van der Waals surface area contributed by atoms with Crippen LogP contribution in [-0.2, 0) is 0 Å². The van der Waals surface area contributed by atoms with E-state index in [-0.39, 0.29) is 11.9 Å². The Morgan fingerprint density at radius 2 is 2.26 bits per heavy atom. The number of halogens is 1. The SMILES string of the molecule is O=C(c1ccc(Br)o1)N1CCCC1c1ccccn1. The van der Waals surface area contributed by atoms with Gasteiger partial charge in [0.2, 0.25) is 0 Å². The minimum atomic E-state index is -0.0705. The zero-order chi connectivity index (χ0) is 13.2. The van der Waals surface area contributed by atoms with Crippen LogP contribution in [0.1, 0.15) is 35.1 Å². The van der Waals surface area contributed by atoms with Crippen LogP contribution >= 0.6 is 15.9 Å². The van der Waals surface area contributed by atoms with Crippen LogP contribution in [0.2, 0.25) is 0 Å². The number of carbonyl (C=O) groups excluding carboxylic acids is 1. The molecule has 1 atom stereocenters. The molecule has 0 N–H and O–H groups in total. The second kappa shape index (κ2) is 5.17. The molecule has 0 aliphatic carbocycles. The van der Waals surface area contributed by atoms with E-state index in [4.69, 9.17) is 4.42 Å². The summed E-state index contributed by atoms with van der Waals surface area (Å²) in [6, 6.07) is 9.28. The normalized spacial score (nSPS) is 18.8. The first-order valence-corrected chi connectivity index (χ1v) is 7.02. The van der Waals surface area contributed by atoms with Crippen molar-refractivity contribution in [2.24, 2.45) is 0 Å². The number of likely N-dealkylation sites (tertiary alicyclic amines) is 1. The van der Waals surface area contributed by atoms with E-state index in [1.807, 2.05) is 23.1 Å². The molecule has 98 valence electrons. The predicted octanol–water partition coefficient (Wildman–Crippen LogP) is 3.41. The first kappa shape index (κ1) is 12.4. The lowest BCUT2D eigenvalue weighted by molar-refractivity contribution is 0.0699. The van der Waals surface area contributed by atoms with Crippen molar-refractivity contribution in [2.75, 3.05) is 6.54 Å². The van der Waals surface area contributed by atoms with E-state index in [9.17, 15) is 4.79 Å². The average molecular weight is 321 g/mol. The topological polar surface area (TPSA) is 46.3 Å². The molecule has 2 aromatic rings. The van der Waals surface area contributed by atoms with Gasteiger partial charge in [-0.05, 0) is 53.0 Å². The summed E-state index contributed by atoms with van der Waals surface area (Å²) in [5, 5.41) is 0. The van der Waals surface area contributed by atoms with Crippen LogP contribution in [0.5, 0.6) is 0 Å². The smallest absolute Gasteiger partial charge is 0.290 e. The fourth-order valence-electron chi connectivity index (χ4n) is 2.46. The standard InChI is InChI=1S/C14H13BrN2O2/c15-13-7-6-12(19-13)14(18)17-9-3-5-11(17)10-4-1-2-8-16-10/h1-2,4,6-8,11H,3,5,9H2. The zero-order valence-electron chi connectivity index (χ0n) is 10.3. The number of pyridine rings is 1. The predicted molar refractivity (Wildman–Crippen MR) is 73.7 cm³/mol. The number of hydrogen-bond donors (Lipinski definition) is 0. The maximum atomic E-state index is 12.4. The fraction of sp³-hybridized carbons (Fsp3) is 0.286.